The minimum Gasteiger partial charge on any atom is -0.370 e. The minimum absolute atomic E-state index is 0. The normalized spacial score (nSPS) is 14.9. The highest BCUT2D eigenvalue weighted by Crippen LogP contribution is 2.18. The molecule has 1 aliphatic rings. The highest BCUT2D eigenvalue weighted by atomic mass is 127. The quantitative estimate of drug-likeness (QED) is 0.469. The van der Waals surface area contributed by atoms with Gasteiger partial charge in [-0.1, -0.05) is 0 Å². The third-order valence-electron chi connectivity index (χ3n) is 2.44. The first-order valence-electron chi connectivity index (χ1n) is 5.71. The van der Waals surface area contributed by atoms with Gasteiger partial charge in [-0.3, -0.25) is 0 Å². The molecule has 0 unspecified atom stereocenters. The highest BCUT2D eigenvalue weighted by molar-refractivity contribution is 14.0. The molecule has 0 saturated heterocycles. The maximum absolute atomic E-state index is 5.75. The van der Waals surface area contributed by atoms with Crippen molar-refractivity contribution in [1.29, 1.82) is 0 Å². The Labute approximate surface area is 124 Å². The zero-order chi connectivity index (χ0) is 12.3. The van der Waals surface area contributed by atoms with E-state index in [1.54, 1.807) is 6.20 Å². The molecule has 1 saturated carbocycles. The first-order chi connectivity index (χ1) is 8.15. The molecule has 18 heavy (non-hydrogen) atoms. The van der Waals surface area contributed by atoms with Gasteiger partial charge in [0, 0.05) is 26.3 Å². The Morgan fingerprint density at radius 2 is 2.28 bits per heavy atom. The highest BCUT2D eigenvalue weighted by Gasteiger charge is 2.21. The largest absolute Gasteiger partial charge is 0.370 e. The topological polar surface area (TPSA) is 79.4 Å². The molecule has 0 atom stereocenters. The standard InChI is InChI=1S/C11H18N6.HI/c1-17(2)11-13-6-5-9(16-11)7-14-10(12)15-8-3-4-8;/h5-6,8H,3-4,7H2,1-2H3,(H3,12,14,15);1H. The molecule has 1 aliphatic carbocycles. The van der Waals surface area contributed by atoms with Gasteiger partial charge in [0.15, 0.2) is 5.96 Å². The van der Waals surface area contributed by atoms with Crippen molar-refractivity contribution in [3.8, 4) is 0 Å². The molecule has 0 amide bonds. The van der Waals surface area contributed by atoms with E-state index >= 15 is 0 Å². The van der Waals surface area contributed by atoms with Crippen molar-refractivity contribution in [1.82, 2.24) is 15.3 Å². The van der Waals surface area contributed by atoms with Gasteiger partial charge in [-0.25, -0.2) is 15.0 Å². The lowest BCUT2D eigenvalue weighted by Gasteiger charge is -2.10. The van der Waals surface area contributed by atoms with Crippen LogP contribution in [0.1, 0.15) is 18.5 Å². The van der Waals surface area contributed by atoms with Gasteiger partial charge < -0.3 is 16.0 Å². The van der Waals surface area contributed by atoms with Crippen molar-refractivity contribution >= 4 is 35.9 Å². The second-order valence-corrected chi connectivity index (χ2v) is 4.36. The number of halogens is 1. The van der Waals surface area contributed by atoms with Crippen molar-refractivity contribution in [2.24, 2.45) is 10.7 Å². The third kappa shape index (κ3) is 4.63. The molecule has 0 aliphatic heterocycles. The van der Waals surface area contributed by atoms with Gasteiger partial charge in [0.1, 0.15) is 0 Å². The number of aromatic nitrogens is 2. The second-order valence-electron chi connectivity index (χ2n) is 4.36. The number of guanidine groups is 1. The molecule has 2 rings (SSSR count). The summed E-state index contributed by atoms with van der Waals surface area (Å²) in [4.78, 5) is 14.6. The van der Waals surface area contributed by atoms with Gasteiger partial charge in [0.25, 0.3) is 0 Å². The molecule has 0 radical (unpaired) electrons. The summed E-state index contributed by atoms with van der Waals surface area (Å²) in [5.41, 5.74) is 6.61. The van der Waals surface area contributed by atoms with E-state index in [2.05, 4.69) is 20.3 Å². The Morgan fingerprint density at radius 1 is 1.56 bits per heavy atom. The summed E-state index contributed by atoms with van der Waals surface area (Å²) in [5.74, 6) is 1.18. The molecule has 1 aromatic rings. The van der Waals surface area contributed by atoms with Crippen LogP contribution in [0.15, 0.2) is 17.3 Å². The van der Waals surface area contributed by atoms with Crippen LogP contribution >= 0.6 is 24.0 Å². The number of nitrogens with zero attached hydrogens (tertiary/aromatic N) is 4. The summed E-state index contributed by atoms with van der Waals surface area (Å²) >= 11 is 0. The fourth-order valence-corrected chi connectivity index (χ4v) is 1.34. The molecule has 1 aromatic heterocycles. The maximum Gasteiger partial charge on any atom is 0.225 e. The van der Waals surface area contributed by atoms with Crippen molar-refractivity contribution in [3.05, 3.63) is 18.0 Å². The summed E-state index contributed by atoms with van der Waals surface area (Å²) in [6, 6.07) is 2.38. The van der Waals surface area contributed by atoms with Gasteiger partial charge in [-0.2, -0.15) is 0 Å². The van der Waals surface area contributed by atoms with Crippen LogP contribution in [0.25, 0.3) is 0 Å². The van der Waals surface area contributed by atoms with Crippen LogP contribution in [-0.4, -0.2) is 36.1 Å². The number of rotatable bonds is 4. The Bertz CT molecular complexity index is 416. The number of nitrogens with one attached hydrogen (secondary N) is 1. The summed E-state index contributed by atoms with van der Waals surface area (Å²) in [7, 11) is 3.82. The van der Waals surface area contributed by atoms with E-state index in [-0.39, 0.29) is 24.0 Å². The van der Waals surface area contributed by atoms with Crippen molar-refractivity contribution in [2.45, 2.75) is 25.4 Å². The fourth-order valence-electron chi connectivity index (χ4n) is 1.34. The van der Waals surface area contributed by atoms with E-state index in [0.29, 0.717) is 24.5 Å². The molecule has 0 spiro atoms. The van der Waals surface area contributed by atoms with Crippen molar-refractivity contribution < 1.29 is 0 Å². The van der Waals surface area contributed by atoms with Crippen LogP contribution < -0.4 is 16.0 Å². The number of aliphatic imine (C=N–C) groups is 1. The number of nitrogens with two attached hydrogens (primary N) is 1. The van der Waals surface area contributed by atoms with E-state index in [0.717, 1.165) is 5.69 Å². The van der Waals surface area contributed by atoms with Crippen LogP contribution in [0, 0.1) is 0 Å². The lowest BCUT2D eigenvalue weighted by Crippen LogP contribution is -2.33. The van der Waals surface area contributed by atoms with Crippen LogP contribution in [0.2, 0.25) is 0 Å². The molecule has 1 fully saturated rings. The van der Waals surface area contributed by atoms with E-state index < -0.39 is 0 Å². The Hall–Kier alpha value is -1.12. The molecule has 6 nitrogen and oxygen atoms in total. The fraction of sp³-hybridized carbons (Fsp3) is 0.545. The van der Waals surface area contributed by atoms with Gasteiger partial charge in [0.2, 0.25) is 5.95 Å². The monoisotopic (exact) mass is 362 g/mol. The first-order valence-corrected chi connectivity index (χ1v) is 5.71. The second kappa shape index (κ2) is 6.72. The molecule has 0 aromatic carbocycles. The molecule has 1 heterocycles. The van der Waals surface area contributed by atoms with Gasteiger partial charge >= 0.3 is 0 Å². The van der Waals surface area contributed by atoms with Gasteiger partial charge in [-0.15, -0.1) is 24.0 Å². The zero-order valence-electron chi connectivity index (χ0n) is 10.6. The molecule has 3 N–H and O–H groups in total. The Kier molecular flexibility index (Phi) is 5.57. The SMILES string of the molecule is CN(C)c1nccc(CN=C(N)NC2CC2)n1.I. The summed E-state index contributed by atoms with van der Waals surface area (Å²) in [6.45, 7) is 0.481. The van der Waals surface area contributed by atoms with Crippen molar-refractivity contribution in [3.63, 3.8) is 0 Å². The molecular weight excluding hydrogens is 343 g/mol. The Morgan fingerprint density at radius 3 is 2.89 bits per heavy atom. The van der Waals surface area contributed by atoms with E-state index in [1.165, 1.54) is 12.8 Å². The van der Waals surface area contributed by atoms with Gasteiger partial charge in [-0.05, 0) is 18.9 Å². The van der Waals surface area contributed by atoms with Crippen LogP contribution in [0.3, 0.4) is 0 Å². The predicted molar refractivity (Wildman–Crippen MR) is 83.3 cm³/mol. The Balaban J connectivity index is 0.00000162. The van der Waals surface area contributed by atoms with Crippen molar-refractivity contribution in [2.75, 3.05) is 19.0 Å². The van der Waals surface area contributed by atoms with E-state index in [4.69, 9.17) is 5.73 Å². The summed E-state index contributed by atoms with van der Waals surface area (Å²) in [6.07, 6.45) is 4.11. The van der Waals surface area contributed by atoms with E-state index in [9.17, 15) is 0 Å². The molecule has 7 heteroatoms. The summed E-state index contributed by atoms with van der Waals surface area (Å²) < 4.78 is 0. The maximum atomic E-state index is 5.75. The molecule has 0 bridgehead atoms. The average molecular weight is 362 g/mol. The van der Waals surface area contributed by atoms with Crippen LogP contribution in [0.4, 0.5) is 5.95 Å². The lowest BCUT2D eigenvalue weighted by molar-refractivity contribution is 0.865. The van der Waals surface area contributed by atoms with E-state index in [1.807, 2.05) is 25.1 Å². The van der Waals surface area contributed by atoms with Crippen LogP contribution in [0.5, 0.6) is 0 Å². The lowest BCUT2D eigenvalue weighted by atomic mass is 10.4. The minimum atomic E-state index is 0. The van der Waals surface area contributed by atoms with Gasteiger partial charge in [0.05, 0.1) is 12.2 Å². The molecule has 100 valence electrons. The number of hydrogen-bond acceptors (Lipinski definition) is 4. The average Bonchev–Trinajstić information content (AvgIpc) is 3.11. The van der Waals surface area contributed by atoms with Crippen LogP contribution in [-0.2, 0) is 6.54 Å². The zero-order valence-corrected chi connectivity index (χ0v) is 13.0. The number of hydrogen-bond donors (Lipinski definition) is 2. The predicted octanol–water partition coefficient (Wildman–Crippen LogP) is 0.727. The number of anilines is 1. The first kappa shape index (κ1) is 14.9. The summed E-state index contributed by atoms with van der Waals surface area (Å²) in [5, 5.41) is 3.14. The smallest absolute Gasteiger partial charge is 0.225 e. The third-order valence-corrected chi connectivity index (χ3v) is 2.44. The molecular formula is C11H19IN6.